The minimum Gasteiger partial charge on any atom is -0.454 e. The van der Waals surface area contributed by atoms with Gasteiger partial charge in [0.05, 0.1) is 39.1 Å². The van der Waals surface area contributed by atoms with E-state index in [1.807, 2.05) is 30.3 Å². The van der Waals surface area contributed by atoms with Crippen molar-refractivity contribution in [2.45, 2.75) is 44.4 Å². The molecular formula is C25H31N2O5+. The number of piperidine rings is 1. The van der Waals surface area contributed by atoms with Crippen molar-refractivity contribution in [3.8, 4) is 11.5 Å². The molecule has 0 radical (unpaired) electrons. The summed E-state index contributed by atoms with van der Waals surface area (Å²) in [6.45, 7) is 7.41. The number of quaternary nitrogens is 1. The molecule has 0 bridgehead atoms. The van der Waals surface area contributed by atoms with Crippen LogP contribution in [-0.2, 0) is 14.3 Å². The smallest absolute Gasteiger partial charge is 0.287 e. The van der Waals surface area contributed by atoms with Gasteiger partial charge in [0.1, 0.15) is 0 Å². The summed E-state index contributed by atoms with van der Waals surface area (Å²) in [5.74, 6) is 1.37. The summed E-state index contributed by atoms with van der Waals surface area (Å²) in [6, 6.07) is 13.5. The number of anilines is 1. The Morgan fingerprint density at radius 1 is 0.938 bits per heavy atom. The Labute approximate surface area is 188 Å². The quantitative estimate of drug-likeness (QED) is 0.750. The summed E-state index contributed by atoms with van der Waals surface area (Å²) in [5.41, 5.74) is 2.98. The summed E-state index contributed by atoms with van der Waals surface area (Å²) < 4.78 is 22.8. The van der Waals surface area contributed by atoms with Gasteiger partial charge in [-0.05, 0) is 41.8 Å². The molecule has 3 aliphatic heterocycles. The predicted molar refractivity (Wildman–Crippen MR) is 119 cm³/mol. The topological polar surface area (TPSA) is 70.5 Å². The molecule has 3 heterocycles. The van der Waals surface area contributed by atoms with Crippen molar-refractivity contribution in [3.05, 3.63) is 53.6 Å². The number of amides is 1. The number of benzene rings is 2. The van der Waals surface area contributed by atoms with Crippen LogP contribution in [0.2, 0.25) is 0 Å². The first-order valence-electron chi connectivity index (χ1n) is 11.5. The molecule has 1 unspecified atom stereocenters. The number of hydrogen-bond acceptors (Lipinski definition) is 5. The molecular weight excluding hydrogens is 408 g/mol. The second kappa shape index (κ2) is 8.73. The lowest BCUT2D eigenvalue weighted by atomic mass is 9.97. The summed E-state index contributed by atoms with van der Waals surface area (Å²) >= 11 is 0. The highest BCUT2D eigenvalue weighted by Crippen LogP contribution is 2.35. The van der Waals surface area contributed by atoms with Gasteiger partial charge >= 0.3 is 0 Å². The molecule has 0 saturated carbocycles. The highest BCUT2D eigenvalue weighted by Gasteiger charge is 2.45. The van der Waals surface area contributed by atoms with Crippen molar-refractivity contribution >= 4 is 11.6 Å². The van der Waals surface area contributed by atoms with E-state index in [2.05, 4.69) is 31.3 Å². The molecule has 2 fully saturated rings. The van der Waals surface area contributed by atoms with Gasteiger partial charge in [0.25, 0.3) is 5.91 Å². The Morgan fingerprint density at radius 2 is 1.59 bits per heavy atom. The van der Waals surface area contributed by atoms with E-state index in [4.69, 9.17) is 18.9 Å². The normalized spacial score (nSPS) is 20.6. The molecule has 1 atom stereocenters. The average Bonchev–Trinajstić information content (AvgIpc) is 3.45. The van der Waals surface area contributed by atoms with Gasteiger partial charge < -0.3 is 29.2 Å². The second-order valence-electron chi connectivity index (χ2n) is 9.08. The fourth-order valence-electron chi connectivity index (χ4n) is 4.86. The first-order valence-corrected chi connectivity index (χ1v) is 11.5. The second-order valence-corrected chi connectivity index (χ2v) is 9.08. The lowest BCUT2D eigenvalue weighted by Crippen LogP contribution is -3.15. The third-order valence-electron chi connectivity index (χ3n) is 6.71. The summed E-state index contributed by atoms with van der Waals surface area (Å²) in [7, 11) is 0. The van der Waals surface area contributed by atoms with Gasteiger partial charge in [0, 0.05) is 11.3 Å². The van der Waals surface area contributed by atoms with Crippen molar-refractivity contribution in [3.63, 3.8) is 0 Å². The van der Waals surface area contributed by atoms with Gasteiger partial charge in [-0.2, -0.15) is 0 Å². The van der Waals surface area contributed by atoms with Crippen molar-refractivity contribution < 1.29 is 28.6 Å². The SMILES string of the molecule is CC(C)c1ccc(NC(=O)C(c2ccc3c(c2)OCO3)[NH+]2CCC3(CC2)OCCO3)cc1. The van der Waals surface area contributed by atoms with Crippen LogP contribution >= 0.6 is 0 Å². The lowest BCUT2D eigenvalue weighted by molar-refractivity contribution is -0.930. The highest BCUT2D eigenvalue weighted by atomic mass is 16.7. The molecule has 5 rings (SSSR count). The molecule has 1 spiro atoms. The van der Waals surface area contributed by atoms with Crippen LogP contribution in [0.15, 0.2) is 42.5 Å². The van der Waals surface area contributed by atoms with Crippen molar-refractivity contribution in [2.75, 3.05) is 38.4 Å². The molecule has 1 amide bonds. The van der Waals surface area contributed by atoms with Crippen molar-refractivity contribution in [2.24, 2.45) is 0 Å². The fourth-order valence-corrected chi connectivity index (χ4v) is 4.86. The van der Waals surface area contributed by atoms with E-state index in [9.17, 15) is 4.79 Å². The van der Waals surface area contributed by atoms with E-state index in [0.29, 0.717) is 24.9 Å². The Morgan fingerprint density at radius 3 is 2.28 bits per heavy atom. The van der Waals surface area contributed by atoms with E-state index in [-0.39, 0.29) is 18.7 Å². The fraction of sp³-hybridized carbons (Fsp3) is 0.480. The van der Waals surface area contributed by atoms with E-state index < -0.39 is 5.79 Å². The van der Waals surface area contributed by atoms with E-state index in [0.717, 1.165) is 42.9 Å². The summed E-state index contributed by atoms with van der Waals surface area (Å²) in [4.78, 5) is 14.8. The molecule has 2 saturated heterocycles. The van der Waals surface area contributed by atoms with Crippen LogP contribution in [0.4, 0.5) is 5.69 Å². The van der Waals surface area contributed by atoms with Gasteiger partial charge in [-0.25, -0.2) is 0 Å². The molecule has 7 nitrogen and oxygen atoms in total. The zero-order valence-electron chi connectivity index (χ0n) is 18.7. The van der Waals surface area contributed by atoms with Crippen LogP contribution < -0.4 is 19.7 Å². The number of rotatable bonds is 5. The van der Waals surface area contributed by atoms with Crippen molar-refractivity contribution in [1.82, 2.24) is 0 Å². The molecule has 0 aromatic heterocycles. The number of fused-ring (bicyclic) bond motifs is 1. The van der Waals surface area contributed by atoms with Crippen LogP contribution in [0.25, 0.3) is 0 Å². The number of nitrogens with one attached hydrogen (secondary N) is 2. The standard InChI is InChI=1S/C25H30N2O5/c1-17(2)18-3-6-20(7-4-18)26-24(28)23(19-5-8-21-22(15-19)30-16-29-21)27-11-9-25(10-12-27)31-13-14-32-25/h3-8,15,17,23H,9-14,16H2,1-2H3,(H,26,28)/p+1. The molecule has 3 aliphatic rings. The lowest BCUT2D eigenvalue weighted by Gasteiger charge is -2.38. The van der Waals surface area contributed by atoms with Crippen LogP contribution in [0.5, 0.6) is 11.5 Å². The first-order chi connectivity index (χ1) is 15.5. The average molecular weight is 440 g/mol. The van der Waals surface area contributed by atoms with Crippen LogP contribution in [-0.4, -0.2) is 44.8 Å². The van der Waals surface area contributed by atoms with Gasteiger partial charge in [0.2, 0.25) is 6.79 Å². The number of ether oxygens (including phenoxy) is 4. The molecule has 2 aromatic rings. The Hall–Kier alpha value is -2.61. The van der Waals surface area contributed by atoms with Crippen molar-refractivity contribution in [1.29, 1.82) is 0 Å². The Bertz CT molecular complexity index is 959. The van der Waals surface area contributed by atoms with Crippen LogP contribution in [0.1, 0.15) is 49.8 Å². The van der Waals surface area contributed by atoms with Gasteiger partial charge in [0.15, 0.2) is 23.3 Å². The number of carbonyl (C=O) groups excluding carboxylic acids is 1. The predicted octanol–water partition coefficient (Wildman–Crippen LogP) is 2.64. The highest BCUT2D eigenvalue weighted by molar-refractivity contribution is 5.94. The minimum absolute atomic E-state index is 0.0274. The molecule has 7 heteroatoms. The molecule has 0 aliphatic carbocycles. The molecule has 170 valence electrons. The maximum atomic E-state index is 13.6. The maximum absolute atomic E-state index is 13.6. The maximum Gasteiger partial charge on any atom is 0.287 e. The molecule has 2 aromatic carbocycles. The summed E-state index contributed by atoms with van der Waals surface area (Å²) in [6.07, 6.45) is 1.56. The van der Waals surface area contributed by atoms with Gasteiger partial charge in [-0.3, -0.25) is 4.79 Å². The third-order valence-corrected chi connectivity index (χ3v) is 6.71. The van der Waals surface area contributed by atoms with E-state index in [1.165, 1.54) is 10.5 Å². The molecule has 32 heavy (non-hydrogen) atoms. The number of likely N-dealkylation sites (tertiary alicyclic amines) is 1. The van der Waals surface area contributed by atoms with Gasteiger partial charge in [-0.15, -0.1) is 0 Å². The number of carbonyl (C=O) groups is 1. The van der Waals surface area contributed by atoms with Crippen LogP contribution in [0, 0.1) is 0 Å². The minimum atomic E-state index is -0.466. The van der Waals surface area contributed by atoms with E-state index in [1.54, 1.807) is 0 Å². The van der Waals surface area contributed by atoms with Gasteiger partial charge in [-0.1, -0.05) is 26.0 Å². The largest absolute Gasteiger partial charge is 0.454 e. The molecule has 2 N–H and O–H groups in total. The summed E-state index contributed by atoms with van der Waals surface area (Å²) in [5, 5.41) is 3.14. The van der Waals surface area contributed by atoms with Crippen LogP contribution in [0.3, 0.4) is 0 Å². The number of hydrogen-bond donors (Lipinski definition) is 2. The first kappa shape index (κ1) is 21.2. The Balaban J connectivity index is 1.38. The Kier molecular flexibility index (Phi) is 5.80. The van der Waals surface area contributed by atoms with E-state index >= 15 is 0 Å². The third kappa shape index (κ3) is 4.20. The monoisotopic (exact) mass is 439 g/mol. The zero-order valence-corrected chi connectivity index (χ0v) is 18.7. The zero-order chi connectivity index (χ0) is 22.1.